The summed E-state index contributed by atoms with van der Waals surface area (Å²) in [7, 11) is 2.60. The van der Waals surface area contributed by atoms with Gasteiger partial charge in [-0.2, -0.15) is 0 Å². The Hall–Kier alpha value is -2.88. The molecule has 0 saturated carbocycles. The number of aromatic nitrogens is 2. The molecule has 2 aromatic rings. The first-order valence-electron chi connectivity index (χ1n) is 8.85. The number of amides is 1. The highest BCUT2D eigenvalue weighted by Crippen LogP contribution is 2.23. The second-order valence-electron chi connectivity index (χ2n) is 6.78. The maximum atomic E-state index is 13.2. The maximum absolute atomic E-state index is 13.2. The fourth-order valence-electron chi connectivity index (χ4n) is 2.32. The number of carbonyl (C=O) groups excluding carboxylic acids is 1. The number of thioether (sulfide) groups is 1. The van der Waals surface area contributed by atoms with Crippen LogP contribution in [0.25, 0.3) is 0 Å². The first kappa shape index (κ1) is 22.4. The smallest absolute Gasteiger partial charge is 0.333 e. The first-order valence-corrected chi connectivity index (χ1v) is 9.83. The van der Waals surface area contributed by atoms with Gasteiger partial charge in [0.25, 0.3) is 5.56 Å². The zero-order chi connectivity index (χ0) is 21.7. The summed E-state index contributed by atoms with van der Waals surface area (Å²) in [5.74, 6) is -1.06. The van der Waals surface area contributed by atoms with Crippen LogP contribution in [0.5, 0.6) is 5.88 Å². The number of benzene rings is 1. The predicted molar refractivity (Wildman–Crippen MR) is 111 cm³/mol. The van der Waals surface area contributed by atoms with Crippen LogP contribution in [0.2, 0.25) is 0 Å². The van der Waals surface area contributed by atoms with Crippen molar-refractivity contribution in [3.8, 4) is 5.88 Å². The molecule has 0 bridgehead atoms. The molecule has 8 nitrogen and oxygen atoms in total. The number of nitrogens with zero attached hydrogens (tertiary/aromatic N) is 3. The molecule has 0 unspecified atom stereocenters. The van der Waals surface area contributed by atoms with E-state index in [-0.39, 0.29) is 28.2 Å². The summed E-state index contributed by atoms with van der Waals surface area (Å²) in [6.45, 7) is 4.42. The van der Waals surface area contributed by atoms with Gasteiger partial charge in [0.2, 0.25) is 11.8 Å². The summed E-state index contributed by atoms with van der Waals surface area (Å²) >= 11 is 0.941. The highest BCUT2D eigenvalue weighted by atomic mass is 32.2. The van der Waals surface area contributed by atoms with Crippen molar-refractivity contribution in [3.05, 3.63) is 56.5 Å². The molecule has 1 aromatic carbocycles. The van der Waals surface area contributed by atoms with Crippen molar-refractivity contribution in [2.45, 2.75) is 13.8 Å². The van der Waals surface area contributed by atoms with Crippen molar-refractivity contribution in [1.82, 2.24) is 14.5 Å². The molecular weight excluding hydrogens is 399 g/mol. The van der Waals surface area contributed by atoms with Crippen molar-refractivity contribution in [2.75, 3.05) is 12.3 Å². The van der Waals surface area contributed by atoms with Crippen LogP contribution >= 0.6 is 11.8 Å². The minimum atomic E-state index is -0.749. The minimum Gasteiger partial charge on any atom is -0.494 e. The van der Waals surface area contributed by atoms with Gasteiger partial charge in [-0.1, -0.05) is 25.6 Å². The van der Waals surface area contributed by atoms with Gasteiger partial charge < -0.3 is 10.4 Å². The summed E-state index contributed by atoms with van der Waals surface area (Å²) in [6.07, 6.45) is 0. The monoisotopic (exact) mass is 422 g/mol. The van der Waals surface area contributed by atoms with Gasteiger partial charge >= 0.3 is 5.69 Å². The lowest BCUT2D eigenvalue weighted by Crippen LogP contribution is -2.40. The number of halogens is 1. The van der Waals surface area contributed by atoms with Gasteiger partial charge in [-0.3, -0.25) is 18.7 Å². The van der Waals surface area contributed by atoms with E-state index in [1.165, 1.54) is 38.4 Å². The van der Waals surface area contributed by atoms with Gasteiger partial charge in [0.15, 0.2) is 0 Å². The van der Waals surface area contributed by atoms with Crippen molar-refractivity contribution in [2.24, 2.45) is 25.0 Å². The number of aromatic hydroxyl groups is 1. The van der Waals surface area contributed by atoms with Crippen LogP contribution in [0.1, 0.15) is 19.4 Å². The van der Waals surface area contributed by atoms with E-state index in [0.29, 0.717) is 12.2 Å². The van der Waals surface area contributed by atoms with Crippen LogP contribution in [-0.2, 0) is 18.9 Å². The Bertz CT molecular complexity index is 1040. The molecule has 0 saturated heterocycles. The lowest BCUT2D eigenvalue weighted by atomic mass is 10.2. The Labute approximate surface area is 171 Å². The Morgan fingerprint density at radius 1 is 1.21 bits per heavy atom. The molecule has 0 spiro atoms. The molecule has 0 radical (unpaired) electrons. The van der Waals surface area contributed by atoms with Gasteiger partial charge in [0, 0.05) is 20.6 Å². The third-order valence-corrected chi connectivity index (χ3v) is 4.93. The van der Waals surface area contributed by atoms with Gasteiger partial charge in [-0.15, -0.1) is 0 Å². The molecule has 0 aliphatic heterocycles. The molecule has 0 fully saturated rings. The molecule has 156 valence electrons. The van der Waals surface area contributed by atoms with E-state index in [1.54, 1.807) is 0 Å². The van der Waals surface area contributed by atoms with Crippen LogP contribution < -0.4 is 16.6 Å². The average Bonchev–Trinajstić information content (AvgIpc) is 2.68. The molecule has 29 heavy (non-hydrogen) atoms. The summed E-state index contributed by atoms with van der Waals surface area (Å²) in [6, 6.07) is 5.21. The number of hydrogen-bond acceptors (Lipinski definition) is 6. The van der Waals surface area contributed by atoms with Crippen LogP contribution in [0, 0.1) is 11.7 Å². The average molecular weight is 422 g/mol. The van der Waals surface area contributed by atoms with E-state index < -0.39 is 22.9 Å². The maximum Gasteiger partial charge on any atom is 0.333 e. The van der Waals surface area contributed by atoms with E-state index in [2.05, 4.69) is 10.3 Å². The second kappa shape index (κ2) is 9.55. The SMILES string of the molecule is CC(C)CNC(=O)CSC(=Nc1ccc(F)cc1)c1c(O)n(C)c(=O)n(C)c1=O. The minimum absolute atomic E-state index is 0.0463. The van der Waals surface area contributed by atoms with Crippen molar-refractivity contribution in [3.63, 3.8) is 0 Å². The lowest BCUT2D eigenvalue weighted by Gasteiger charge is -2.13. The Balaban J connectivity index is 2.49. The molecular formula is C19H23FN4O4S. The Morgan fingerprint density at radius 2 is 1.83 bits per heavy atom. The van der Waals surface area contributed by atoms with Crippen LogP contribution in [0.4, 0.5) is 10.1 Å². The number of aliphatic imine (C=N–C) groups is 1. The van der Waals surface area contributed by atoms with E-state index in [9.17, 15) is 23.9 Å². The summed E-state index contributed by atoms with van der Waals surface area (Å²) in [5, 5.41) is 13.2. The van der Waals surface area contributed by atoms with Crippen LogP contribution in [0.3, 0.4) is 0 Å². The fourth-order valence-corrected chi connectivity index (χ4v) is 3.18. The van der Waals surface area contributed by atoms with Crippen molar-refractivity contribution in [1.29, 1.82) is 0 Å². The lowest BCUT2D eigenvalue weighted by molar-refractivity contribution is -0.118. The zero-order valence-corrected chi connectivity index (χ0v) is 17.4. The zero-order valence-electron chi connectivity index (χ0n) is 16.6. The van der Waals surface area contributed by atoms with Gasteiger partial charge in [0.1, 0.15) is 16.4 Å². The Morgan fingerprint density at radius 3 is 2.41 bits per heavy atom. The third-order valence-electron chi connectivity index (χ3n) is 3.95. The van der Waals surface area contributed by atoms with Gasteiger partial charge in [0.05, 0.1) is 11.4 Å². The number of nitrogens with one attached hydrogen (secondary N) is 1. The number of carbonyl (C=O) groups is 1. The van der Waals surface area contributed by atoms with E-state index >= 15 is 0 Å². The molecule has 2 rings (SSSR count). The van der Waals surface area contributed by atoms with E-state index in [0.717, 1.165) is 20.9 Å². The summed E-state index contributed by atoms with van der Waals surface area (Å²) < 4.78 is 14.9. The third kappa shape index (κ3) is 5.57. The van der Waals surface area contributed by atoms with E-state index in [1.807, 2.05) is 13.8 Å². The topological polar surface area (TPSA) is 106 Å². The molecule has 10 heteroatoms. The quantitative estimate of drug-likeness (QED) is 0.542. The fraction of sp³-hybridized carbons (Fsp3) is 0.368. The van der Waals surface area contributed by atoms with Crippen molar-refractivity contribution >= 4 is 28.4 Å². The highest BCUT2D eigenvalue weighted by Gasteiger charge is 2.21. The van der Waals surface area contributed by atoms with Gasteiger partial charge in [-0.05, 0) is 30.2 Å². The molecule has 0 aliphatic carbocycles. The molecule has 0 aliphatic rings. The molecule has 1 amide bonds. The normalized spacial score (nSPS) is 11.7. The number of rotatable bonds is 6. The summed E-state index contributed by atoms with van der Waals surface area (Å²) in [5.41, 5.74) is -1.33. The highest BCUT2D eigenvalue weighted by molar-refractivity contribution is 8.15. The van der Waals surface area contributed by atoms with Gasteiger partial charge in [-0.25, -0.2) is 14.2 Å². The molecule has 2 N–H and O–H groups in total. The van der Waals surface area contributed by atoms with Crippen LogP contribution in [-0.4, -0.2) is 37.5 Å². The first-order chi connectivity index (χ1) is 13.6. The number of hydrogen-bond donors (Lipinski definition) is 2. The summed E-state index contributed by atoms with van der Waals surface area (Å²) in [4.78, 5) is 41.1. The molecule has 0 atom stereocenters. The van der Waals surface area contributed by atoms with Crippen molar-refractivity contribution < 1.29 is 14.3 Å². The molecule has 1 aromatic heterocycles. The second-order valence-corrected chi connectivity index (χ2v) is 7.75. The van der Waals surface area contributed by atoms with Crippen LogP contribution in [0.15, 0.2) is 38.8 Å². The molecule has 1 heterocycles. The standard InChI is InChI=1S/C19H23FN4O4S/c1-11(2)9-21-14(25)10-29-16(22-13-7-5-12(20)6-8-13)15-17(26)23(3)19(28)24(4)18(15)27/h5-8,11,26H,9-10H2,1-4H3,(H,21,25). The van der Waals surface area contributed by atoms with E-state index in [4.69, 9.17) is 0 Å². The largest absolute Gasteiger partial charge is 0.494 e. The Kier molecular flexibility index (Phi) is 7.38. The predicted octanol–water partition coefficient (Wildman–Crippen LogP) is 1.51.